The first kappa shape index (κ1) is 16.8. The van der Waals surface area contributed by atoms with Gasteiger partial charge in [-0.2, -0.15) is 0 Å². The summed E-state index contributed by atoms with van der Waals surface area (Å²) in [6, 6.07) is 14.2. The fourth-order valence-electron chi connectivity index (χ4n) is 2.80. The van der Waals surface area contributed by atoms with Gasteiger partial charge in [0.25, 0.3) is 11.8 Å². The number of benzene rings is 2. The molecule has 0 N–H and O–H groups in total. The monoisotopic (exact) mass is 384 g/mol. The van der Waals surface area contributed by atoms with Crippen molar-refractivity contribution in [3.63, 3.8) is 0 Å². The van der Waals surface area contributed by atoms with Crippen LogP contribution >= 0.6 is 23.4 Å². The molecule has 3 aromatic rings. The molecule has 0 saturated carbocycles. The van der Waals surface area contributed by atoms with Gasteiger partial charge in [-0.3, -0.25) is 14.5 Å². The number of imide groups is 1. The molecule has 0 radical (unpaired) electrons. The molecule has 6 nitrogen and oxygen atoms in total. The van der Waals surface area contributed by atoms with Crippen LogP contribution in [0.3, 0.4) is 0 Å². The Kier molecular flexibility index (Phi) is 4.26. The number of thioether (sulfide) groups is 1. The lowest BCUT2D eigenvalue weighted by atomic mass is 10.1. The smallest absolute Gasteiger partial charge is 0.262 e. The van der Waals surface area contributed by atoms with Crippen LogP contribution < -0.4 is 0 Å². The quantitative estimate of drug-likeness (QED) is 0.509. The average Bonchev–Trinajstić information content (AvgIpc) is 3.13. The van der Waals surface area contributed by atoms with Crippen LogP contribution in [-0.2, 0) is 7.05 Å². The number of aromatic nitrogens is 3. The summed E-state index contributed by atoms with van der Waals surface area (Å²) in [6.07, 6.45) is 0. The summed E-state index contributed by atoms with van der Waals surface area (Å²) in [6.45, 7) is 0. The number of hydrogen-bond acceptors (Lipinski definition) is 5. The van der Waals surface area contributed by atoms with Crippen molar-refractivity contribution in [3.05, 3.63) is 64.7 Å². The standard InChI is InChI=1S/C18H13ClN4O2S/c1-22-15(13-8-4-5-9-14(13)19)20-21-18(22)26-10-23-16(24)11-6-2-3-7-12(11)17(23)25/h2-9H,10H2,1H3. The van der Waals surface area contributed by atoms with Crippen molar-refractivity contribution in [2.24, 2.45) is 7.05 Å². The van der Waals surface area contributed by atoms with Gasteiger partial charge in [-0.15, -0.1) is 10.2 Å². The van der Waals surface area contributed by atoms with E-state index in [-0.39, 0.29) is 17.7 Å². The zero-order valence-corrected chi connectivity index (χ0v) is 15.3. The lowest BCUT2D eigenvalue weighted by Gasteiger charge is -2.12. The van der Waals surface area contributed by atoms with E-state index >= 15 is 0 Å². The Balaban J connectivity index is 1.54. The Morgan fingerprint density at radius 3 is 2.12 bits per heavy atom. The predicted molar refractivity (Wildman–Crippen MR) is 99.1 cm³/mol. The maximum atomic E-state index is 12.4. The van der Waals surface area contributed by atoms with Gasteiger partial charge >= 0.3 is 0 Å². The highest BCUT2D eigenvalue weighted by atomic mass is 35.5. The number of hydrogen-bond donors (Lipinski definition) is 0. The molecule has 26 heavy (non-hydrogen) atoms. The molecule has 0 unspecified atom stereocenters. The highest BCUT2D eigenvalue weighted by molar-refractivity contribution is 7.99. The van der Waals surface area contributed by atoms with Crippen molar-refractivity contribution >= 4 is 35.2 Å². The summed E-state index contributed by atoms with van der Waals surface area (Å²) < 4.78 is 1.80. The van der Waals surface area contributed by atoms with Crippen LogP contribution in [0.5, 0.6) is 0 Å². The van der Waals surface area contributed by atoms with E-state index in [1.165, 1.54) is 16.7 Å². The molecule has 0 spiro atoms. The third-order valence-electron chi connectivity index (χ3n) is 4.15. The average molecular weight is 385 g/mol. The Morgan fingerprint density at radius 2 is 1.50 bits per heavy atom. The minimum atomic E-state index is -0.286. The van der Waals surface area contributed by atoms with Crippen LogP contribution in [0, 0.1) is 0 Å². The number of amides is 2. The lowest BCUT2D eigenvalue weighted by molar-refractivity contribution is 0.0684. The van der Waals surface area contributed by atoms with Crippen molar-refractivity contribution in [3.8, 4) is 11.4 Å². The maximum absolute atomic E-state index is 12.4. The van der Waals surface area contributed by atoms with Gasteiger partial charge in [-0.05, 0) is 24.3 Å². The molecule has 8 heteroatoms. The number of carbonyl (C=O) groups excluding carboxylic acids is 2. The second kappa shape index (κ2) is 6.59. The van der Waals surface area contributed by atoms with Crippen LogP contribution in [-0.4, -0.2) is 37.4 Å². The molecule has 1 aliphatic rings. The van der Waals surface area contributed by atoms with E-state index in [9.17, 15) is 9.59 Å². The van der Waals surface area contributed by atoms with Gasteiger partial charge in [-0.1, -0.05) is 47.6 Å². The van der Waals surface area contributed by atoms with E-state index in [1.54, 1.807) is 34.9 Å². The van der Waals surface area contributed by atoms with Gasteiger partial charge in [0.2, 0.25) is 0 Å². The number of fused-ring (bicyclic) bond motifs is 1. The second-order valence-corrected chi connectivity index (χ2v) is 7.02. The number of carbonyl (C=O) groups is 2. The molecule has 0 saturated heterocycles. The molecule has 0 atom stereocenters. The van der Waals surface area contributed by atoms with Crippen LogP contribution in [0.25, 0.3) is 11.4 Å². The summed E-state index contributed by atoms with van der Waals surface area (Å²) in [5, 5.41) is 9.53. The van der Waals surface area contributed by atoms with Gasteiger partial charge < -0.3 is 4.57 Å². The second-order valence-electron chi connectivity index (χ2n) is 5.70. The Hall–Kier alpha value is -2.64. The largest absolute Gasteiger partial charge is 0.305 e. The fourth-order valence-corrected chi connectivity index (χ4v) is 3.87. The first-order chi connectivity index (χ1) is 12.6. The van der Waals surface area contributed by atoms with Gasteiger partial charge in [0.1, 0.15) is 0 Å². The minimum absolute atomic E-state index is 0.168. The van der Waals surface area contributed by atoms with Crippen molar-refractivity contribution in [2.75, 3.05) is 5.88 Å². The molecule has 1 aliphatic heterocycles. The maximum Gasteiger partial charge on any atom is 0.262 e. The van der Waals surface area contributed by atoms with E-state index in [0.29, 0.717) is 27.1 Å². The van der Waals surface area contributed by atoms with E-state index in [2.05, 4.69) is 10.2 Å². The van der Waals surface area contributed by atoms with Gasteiger partial charge in [-0.25, -0.2) is 0 Å². The molecule has 130 valence electrons. The zero-order valence-electron chi connectivity index (χ0n) is 13.7. The molecule has 2 amide bonds. The van der Waals surface area contributed by atoms with Crippen LogP contribution in [0.2, 0.25) is 5.02 Å². The van der Waals surface area contributed by atoms with Crippen LogP contribution in [0.1, 0.15) is 20.7 Å². The van der Waals surface area contributed by atoms with E-state index < -0.39 is 0 Å². The Morgan fingerprint density at radius 1 is 0.923 bits per heavy atom. The Bertz CT molecular complexity index is 999. The first-order valence-corrected chi connectivity index (χ1v) is 9.16. The number of nitrogens with zero attached hydrogens (tertiary/aromatic N) is 4. The molecule has 0 fully saturated rings. The van der Waals surface area contributed by atoms with E-state index in [4.69, 9.17) is 11.6 Å². The van der Waals surface area contributed by atoms with Crippen molar-refractivity contribution in [2.45, 2.75) is 5.16 Å². The predicted octanol–water partition coefficient (Wildman–Crippen LogP) is 3.48. The van der Waals surface area contributed by atoms with Crippen molar-refractivity contribution in [1.29, 1.82) is 0 Å². The highest BCUT2D eigenvalue weighted by Crippen LogP contribution is 2.30. The molecular formula is C18H13ClN4O2S. The van der Waals surface area contributed by atoms with E-state index in [1.807, 2.05) is 25.2 Å². The third-order valence-corrected chi connectivity index (χ3v) is 5.48. The van der Waals surface area contributed by atoms with Crippen molar-refractivity contribution < 1.29 is 9.59 Å². The first-order valence-electron chi connectivity index (χ1n) is 7.80. The molecular weight excluding hydrogens is 372 g/mol. The third kappa shape index (κ3) is 2.69. The SMILES string of the molecule is Cn1c(SCN2C(=O)c3ccccc3C2=O)nnc1-c1ccccc1Cl. The molecule has 2 aromatic carbocycles. The summed E-state index contributed by atoms with van der Waals surface area (Å²) >= 11 is 7.50. The zero-order chi connectivity index (χ0) is 18.3. The van der Waals surface area contributed by atoms with Gasteiger partial charge in [0.05, 0.1) is 22.0 Å². The summed E-state index contributed by atoms with van der Waals surface area (Å²) in [7, 11) is 1.82. The van der Waals surface area contributed by atoms with Crippen LogP contribution in [0.15, 0.2) is 53.7 Å². The number of halogens is 1. The normalized spacial score (nSPS) is 13.4. The molecule has 0 aliphatic carbocycles. The summed E-state index contributed by atoms with van der Waals surface area (Å²) in [4.78, 5) is 26.1. The lowest BCUT2D eigenvalue weighted by Crippen LogP contribution is -2.29. The summed E-state index contributed by atoms with van der Waals surface area (Å²) in [5.74, 6) is 0.222. The molecule has 2 heterocycles. The van der Waals surface area contributed by atoms with Gasteiger partial charge in [0.15, 0.2) is 11.0 Å². The Labute approximate surface area is 158 Å². The van der Waals surface area contributed by atoms with E-state index in [0.717, 1.165) is 5.56 Å². The molecule has 1 aromatic heterocycles. The highest BCUT2D eigenvalue weighted by Gasteiger charge is 2.35. The topological polar surface area (TPSA) is 68.1 Å². The van der Waals surface area contributed by atoms with Crippen molar-refractivity contribution in [1.82, 2.24) is 19.7 Å². The number of rotatable bonds is 4. The molecule has 4 rings (SSSR count). The molecule has 0 bridgehead atoms. The summed E-state index contributed by atoms with van der Waals surface area (Å²) in [5.41, 5.74) is 1.65. The minimum Gasteiger partial charge on any atom is -0.305 e. The van der Waals surface area contributed by atoms with Crippen LogP contribution in [0.4, 0.5) is 0 Å². The fraction of sp³-hybridized carbons (Fsp3) is 0.111. The van der Waals surface area contributed by atoms with Gasteiger partial charge in [0, 0.05) is 12.6 Å².